The SMILES string of the molecule is ClC#CCCCCCCCCCCI.[MgH2]. The Morgan fingerprint density at radius 2 is 1.27 bits per heavy atom. The fourth-order valence-corrected chi connectivity index (χ4v) is 2.05. The van der Waals surface area contributed by atoms with Crippen molar-refractivity contribution in [2.75, 3.05) is 4.43 Å². The van der Waals surface area contributed by atoms with E-state index >= 15 is 0 Å². The predicted octanol–water partition coefficient (Wildman–Crippen LogP) is 4.22. The number of hydrogen-bond acceptors (Lipinski definition) is 0. The normalized spacial score (nSPS) is 8.93. The van der Waals surface area contributed by atoms with E-state index in [2.05, 4.69) is 33.9 Å². The molecule has 0 aliphatic heterocycles. The molecule has 0 saturated heterocycles. The van der Waals surface area contributed by atoms with Crippen molar-refractivity contribution in [2.24, 2.45) is 0 Å². The third-order valence-electron chi connectivity index (χ3n) is 2.25. The first-order valence-corrected chi connectivity index (χ1v) is 7.46. The quantitative estimate of drug-likeness (QED) is 0.192. The fraction of sp³-hybridized carbons (Fsp3) is 0.833. The number of rotatable bonds is 9. The molecule has 0 aromatic heterocycles. The molecule has 0 atom stereocenters. The van der Waals surface area contributed by atoms with Crippen molar-refractivity contribution in [1.82, 2.24) is 0 Å². The van der Waals surface area contributed by atoms with Crippen molar-refractivity contribution < 1.29 is 0 Å². The second kappa shape index (κ2) is 17.7. The lowest BCUT2D eigenvalue weighted by molar-refractivity contribution is 0.581. The van der Waals surface area contributed by atoms with Crippen LogP contribution in [0.4, 0.5) is 0 Å². The van der Waals surface area contributed by atoms with Crippen LogP contribution in [0.5, 0.6) is 0 Å². The molecule has 0 aromatic carbocycles. The minimum absolute atomic E-state index is 0. The molecule has 0 fully saturated rings. The summed E-state index contributed by atoms with van der Waals surface area (Å²) in [5.41, 5.74) is 0. The van der Waals surface area contributed by atoms with Gasteiger partial charge in [0, 0.05) is 11.8 Å². The van der Waals surface area contributed by atoms with Gasteiger partial charge in [0.1, 0.15) is 0 Å². The highest BCUT2D eigenvalue weighted by Gasteiger charge is 1.90. The van der Waals surface area contributed by atoms with Crippen LogP contribution in [0.25, 0.3) is 0 Å². The third kappa shape index (κ3) is 17.9. The first-order valence-electron chi connectivity index (χ1n) is 5.56. The molecule has 0 saturated carbocycles. The summed E-state index contributed by atoms with van der Waals surface area (Å²) in [5.74, 6) is 2.88. The molecular weight excluding hydrogens is 331 g/mol. The van der Waals surface area contributed by atoms with Crippen molar-refractivity contribution in [3.8, 4) is 11.3 Å². The molecule has 0 aromatic rings. The lowest BCUT2D eigenvalue weighted by Gasteiger charge is -1.99. The monoisotopic (exact) mass is 352 g/mol. The molecule has 15 heavy (non-hydrogen) atoms. The Morgan fingerprint density at radius 3 is 1.73 bits per heavy atom. The van der Waals surface area contributed by atoms with Crippen molar-refractivity contribution in [2.45, 2.75) is 57.8 Å². The van der Waals surface area contributed by atoms with E-state index in [1.807, 2.05) is 0 Å². The Hall–Kier alpha value is 1.35. The summed E-state index contributed by atoms with van der Waals surface area (Å²) in [5, 5.41) is 2.41. The van der Waals surface area contributed by atoms with Gasteiger partial charge in [0.05, 0.1) is 0 Å². The number of unbranched alkanes of at least 4 members (excludes halogenated alkanes) is 8. The van der Waals surface area contributed by atoms with Crippen molar-refractivity contribution >= 4 is 57.2 Å². The first kappa shape index (κ1) is 18.7. The van der Waals surface area contributed by atoms with E-state index in [0.29, 0.717) is 0 Å². The van der Waals surface area contributed by atoms with Gasteiger partial charge in [-0.2, -0.15) is 0 Å². The fourth-order valence-electron chi connectivity index (χ4n) is 1.42. The second-order valence-corrected chi connectivity index (χ2v) is 4.81. The molecule has 0 rings (SSSR count). The summed E-state index contributed by atoms with van der Waals surface area (Å²) in [7, 11) is 0. The van der Waals surface area contributed by atoms with Gasteiger partial charge in [0.15, 0.2) is 0 Å². The van der Waals surface area contributed by atoms with E-state index in [0.717, 1.165) is 6.42 Å². The molecule has 0 amide bonds. The lowest BCUT2D eigenvalue weighted by atomic mass is 10.1. The molecular formula is C12H22ClIMg. The summed E-state index contributed by atoms with van der Waals surface area (Å²) in [6.07, 6.45) is 11.9. The van der Waals surface area contributed by atoms with Crippen LogP contribution in [0.3, 0.4) is 0 Å². The van der Waals surface area contributed by atoms with E-state index in [4.69, 9.17) is 11.6 Å². The summed E-state index contributed by atoms with van der Waals surface area (Å²) < 4.78 is 1.31. The van der Waals surface area contributed by atoms with Crippen molar-refractivity contribution in [1.29, 1.82) is 0 Å². The molecule has 0 radical (unpaired) electrons. The number of alkyl halides is 1. The van der Waals surface area contributed by atoms with Crippen LogP contribution < -0.4 is 0 Å². The van der Waals surface area contributed by atoms with E-state index in [-0.39, 0.29) is 23.1 Å². The summed E-state index contributed by atoms with van der Waals surface area (Å²) >= 11 is 7.70. The van der Waals surface area contributed by atoms with Crippen LogP contribution in [-0.4, -0.2) is 27.5 Å². The predicted molar refractivity (Wildman–Crippen MR) is 82.6 cm³/mol. The molecule has 0 bridgehead atoms. The topological polar surface area (TPSA) is 0 Å². The third-order valence-corrected chi connectivity index (χ3v) is 3.15. The zero-order valence-electron chi connectivity index (χ0n) is 8.83. The maximum Gasteiger partial charge on any atom is 0.316 e. The van der Waals surface area contributed by atoms with Crippen LogP contribution in [0, 0.1) is 11.3 Å². The zero-order valence-corrected chi connectivity index (χ0v) is 11.7. The average molecular weight is 353 g/mol. The highest BCUT2D eigenvalue weighted by Crippen LogP contribution is 2.09. The Morgan fingerprint density at radius 1 is 0.800 bits per heavy atom. The molecule has 86 valence electrons. The Labute approximate surface area is 130 Å². The smallest absolute Gasteiger partial charge is 0.0864 e. The number of hydrogen-bond donors (Lipinski definition) is 0. The van der Waals surface area contributed by atoms with Gasteiger partial charge < -0.3 is 0 Å². The van der Waals surface area contributed by atoms with Gasteiger partial charge in [-0.3, -0.25) is 0 Å². The molecule has 0 unspecified atom stereocenters. The van der Waals surface area contributed by atoms with Crippen LogP contribution in [0.1, 0.15) is 57.8 Å². The summed E-state index contributed by atoms with van der Waals surface area (Å²) in [6, 6.07) is 0. The highest BCUT2D eigenvalue weighted by molar-refractivity contribution is 14.1. The average Bonchev–Trinajstić information content (AvgIpc) is 2.21. The Kier molecular flexibility index (Phi) is 22.1. The summed E-state index contributed by atoms with van der Waals surface area (Å²) in [4.78, 5) is 0. The van der Waals surface area contributed by atoms with Crippen LogP contribution >= 0.6 is 34.2 Å². The van der Waals surface area contributed by atoms with Gasteiger partial charge in [0.25, 0.3) is 0 Å². The zero-order chi connectivity index (χ0) is 10.5. The Bertz CT molecular complexity index is 163. The maximum atomic E-state index is 5.25. The minimum atomic E-state index is 0. The van der Waals surface area contributed by atoms with Gasteiger partial charge in [-0.1, -0.05) is 67.0 Å². The molecule has 0 spiro atoms. The van der Waals surface area contributed by atoms with Crippen LogP contribution in [0.15, 0.2) is 0 Å². The molecule has 0 aliphatic rings. The van der Waals surface area contributed by atoms with Crippen molar-refractivity contribution in [3.63, 3.8) is 0 Å². The largest absolute Gasteiger partial charge is 0.316 e. The number of halogens is 2. The molecule has 0 N–H and O–H groups in total. The van der Waals surface area contributed by atoms with Gasteiger partial charge in [-0.25, -0.2) is 0 Å². The first-order chi connectivity index (χ1) is 6.91. The standard InChI is InChI=1S/C12H20ClI.Mg.2H/c13-11-9-7-5-3-1-2-4-6-8-10-12-14;;;/h1-8,10,12H2;;;. The summed E-state index contributed by atoms with van der Waals surface area (Å²) in [6.45, 7) is 0. The van der Waals surface area contributed by atoms with Crippen molar-refractivity contribution in [3.05, 3.63) is 0 Å². The maximum absolute atomic E-state index is 5.25. The molecule has 0 heterocycles. The van der Waals surface area contributed by atoms with Gasteiger partial charge in [0.2, 0.25) is 0 Å². The molecule has 0 aliphatic carbocycles. The second-order valence-electron chi connectivity index (χ2n) is 3.54. The van der Waals surface area contributed by atoms with Crippen LogP contribution in [0.2, 0.25) is 0 Å². The van der Waals surface area contributed by atoms with Gasteiger partial charge in [-0.05, 0) is 28.9 Å². The van der Waals surface area contributed by atoms with Crippen LogP contribution in [-0.2, 0) is 0 Å². The highest BCUT2D eigenvalue weighted by atomic mass is 127. The van der Waals surface area contributed by atoms with E-state index in [1.165, 1.54) is 55.8 Å². The lowest BCUT2D eigenvalue weighted by Crippen LogP contribution is -1.81. The Balaban J connectivity index is 0. The van der Waals surface area contributed by atoms with E-state index in [9.17, 15) is 0 Å². The van der Waals surface area contributed by atoms with E-state index in [1.54, 1.807) is 0 Å². The van der Waals surface area contributed by atoms with Gasteiger partial charge in [-0.15, -0.1) is 0 Å². The minimum Gasteiger partial charge on any atom is -0.0864 e. The van der Waals surface area contributed by atoms with E-state index < -0.39 is 0 Å². The molecule has 0 nitrogen and oxygen atoms in total. The van der Waals surface area contributed by atoms with Gasteiger partial charge >= 0.3 is 23.1 Å². The molecule has 3 heteroatoms.